The largest absolute Gasteiger partial charge is 0.370 e. The molecular formula is C21H28FN5O. The van der Waals surface area contributed by atoms with Gasteiger partial charge in [-0.1, -0.05) is 26.3 Å². The molecule has 1 aromatic carbocycles. The van der Waals surface area contributed by atoms with Crippen LogP contribution in [0.4, 0.5) is 21.8 Å². The molecule has 1 aromatic heterocycles. The van der Waals surface area contributed by atoms with Gasteiger partial charge in [-0.3, -0.25) is 4.79 Å². The smallest absolute Gasteiger partial charge is 0.229 e. The first-order valence-corrected chi connectivity index (χ1v) is 9.94. The van der Waals surface area contributed by atoms with Crippen molar-refractivity contribution >= 4 is 23.4 Å². The molecule has 0 spiro atoms. The lowest BCUT2D eigenvalue weighted by Crippen LogP contribution is -2.35. The highest BCUT2D eigenvalue weighted by molar-refractivity contribution is 5.79. The molecule has 6 nitrogen and oxygen atoms in total. The number of rotatable bonds is 9. The van der Waals surface area contributed by atoms with Gasteiger partial charge in [0.05, 0.1) is 0 Å². The highest BCUT2D eigenvalue weighted by Gasteiger charge is 2.24. The molecule has 3 rings (SSSR count). The normalized spacial score (nSPS) is 13.9. The first-order valence-electron chi connectivity index (χ1n) is 9.94. The summed E-state index contributed by atoms with van der Waals surface area (Å²) in [5, 5.41) is 9.38. The lowest BCUT2D eigenvalue weighted by Gasteiger charge is -2.24. The molecule has 7 heteroatoms. The molecule has 150 valence electrons. The molecule has 1 aliphatic carbocycles. The quantitative estimate of drug-likeness (QED) is 0.564. The predicted molar refractivity (Wildman–Crippen MR) is 109 cm³/mol. The van der Waals surface area contributed by atoms with Gasteiger partial charge in [0.1, 0.15) is 11.6 Å². The van der Waals surface area contributed by atoms with Crippen LogP contribution in [0.15, 0.2) is 30.5 Å². The summed E-state index contributed by atoms with van der Waals surface area (Å²) in [5.41, 5.74) is 1.62. The standard InChI is InChI=1S/C21H28FN5O/c1-14(2)18-13-25-21(26-17-9-4-8-16(22)12-17)27-19(18)23-10-5-11-24-20(28)15-6-3-7-15/h4,8-9,12-15H,3,5-7,10-11H2,1-2H3,(H,24,28)(H2,23,25,26,27). The average molecular weight is 385 g/mol. The molecule has 1 saturated carbocycles. The zero-order valence-electron chi connectivity index (χ0n) is 16.5. The summed E-state index contributed by atoms with van der Waals surface area (Å²) < 4.78 is 13.4. The molecule has 2 aromatic rings. The Bertz CT molecular complexity index is 807. The Hall–Kier alpha value is -2.70. The van der Waals surface area contributed by atoms with Crippen LogP contribution in [0.25, 0.3) is 0 Å². The van der Waals surface area contributed by atoms with Crippen LogP contribution in [0, 0.1) is 11.7 Å². The number of nitrogens with one attached hydrogen (secondary N) is 3. The van der Waals surface area contributed by atoms with Gasteiger partial charge < -0.3 is 16.0 Å². The van der Waals surface area contributed by atoms with E-state index in [4.69, 9.17) is 0 Å². The number of nitrogens with zero attached hydrogens (tertiary/aromatic N) is 2. The molecule has 28 heavy (non-hydrogen) atoms. The SMILES string of the molecule is CC(C)c1cnc(Nc2cccc(F)c2)nc1NCCCNC(=O)C1CCC1. The van der Waals surface area contributed by atoms with Crippen LogP contribution < -0.4 is 16.0 Å². The summed E-state index contributed by atoms with van der Waals surface area (Å²) in [7, 11) is 0. The number of aromatic nitrogens is 2. The van der Waals surface area contributed by atoms with Crippen molar-refractivity contribution in [1.82, 2.24) is 15.3 Å². The van der Waals surface area contributed by atoms with Gasteiger partial charge in [-0.05, 0) is 43.4 Å². The van der Waals surface area contributed by atoms with Gasteiger partial charge >= 0.3 is 0 Å². The molecule has 1 aliphatic rings. The molecule has 0 saturated heterocycles. The molecule has 1 fully saturated rings. The molecular weight excluding hydrogens is 357 g/mol. The molecule has 0 atom stereocenters. The maximum atomic E-state index is 13.4. The second kappa shape index (κ2) is 9.48. The Morgan fingerprint density at radius 1 is 1.29 bits per heavy atom. The van der Waals surface area contributed by atoms with Crippen molar-refractivity contribution in [3.8, 4) is 0 Å². The third kappa shape index (κ3) is 5.41. The second-order valence-electron chi connectivity index (χ2n) is 7.49. The van der Waals surface area contributed by atoms with Crippen molar-refractivity contribution in [1.29, 1.82) is 0 Å². The minimum Gasteiger partial charge on any atom is -0.370 e. The summed E-state index contributed by atoms with van der Waals surface area (Å²) in [6.07, 6.45) is 5.80. The van der Waals surface area contributed by atoms with Crippen LogP contribution in [0.5, 0.6) is 0 Å². The highest BCUT2D eigenvalue weighted by atomic mass is 19.1. The first kappa shape index (κ1) is 20.0. The van der Waals surface area contributed by atoms with Gasteiger partial charge in [0.15, 0.2) is 0 Å². The zero-order valence-corrected chi connectivity index (χ0v) is 16.5. The highest BCUT2D eigenvalue weighted by Crippen LogP contribution is 2.26. The van der Waals surface area contributed by atoms with Crippen LogP contribution in [0.1, 0.15) is 51.0 Å². The Balaban J connectivity index is 1.55. The molecule has 1 heterocycles. The lowest BCUT2D eigenvalue weighted by atomic mass is 9.85. The third-order valence-corrected chi connectivity index (χ3v) is 4.94. The maximum Gasteiger partial charge on any atom is 0.229 e. The van der Waals surface area contributed by atoms with Crippen molar-refractivity contribution in [2.24, 2.45) is 5.92 Å². The fourth-order valence-corrected chi connectivity index (χ4v) is 3.03. The fourth-order valence-electron chi connectivity index (χ4n) is 3.03. The van der Waals surface area contributed by atoms with E-state index in [1.54, 1.807) is 18.3 Å². The Morgan fingerprint density at radius 2 is 2.11 bits per heavy atom. The summed E-state index contributed by atoms with van der Waals surface area (Å²) in [4.78, 5) is 20.8. The Kier molecular flexibility index (Phi) is 6.79. The topological polar surface area (TPSA) is 78.9 Å². The average Bonchev–Trinajstić information content (AvgIpc) is 2.60. The van der Waals surface area contributed by atoms with Crippen molar-refractivity contribution in [2.45, 2.75) is 45.4 Å². The molecule has 0 radical (unpaired) electrons. The number of carbonyl (C=O) groups is 1. The Labute approximate surface area is 165 Å². The predicted octanol–water partition coefficient (Wildman–Crippen LogP) is 4.20. The van der Waals surface area contributed by atoms with Gasteiger partial charge in [-0.25, -0.2) is 9.37 Å². The number of carbonyl (C=O) groups excluding carboxylic acids is 1. The minimum atomic E-state index is -0.314. The van der Waals surface area contributed by atoms with Gasteiger partial charge in [-0.15, -0.1) is 0 Å². The van der Waals surface area contributed by atoms with Gasteiger partial charge in [-0.2, -0.15) is 4.98 Å². The molecule has 0 aliphatic heterocycles. The number of hydrogen-bond donors (Lipinski definition) is 3. The summed E-state index contributed by atoms with van der Waals surface area (Å²) >= 11 is 0. The van der Waals surface area contributed by atoms with E-state index in [1.165, 1.54) is 12.1 Å². The van der Waals surface area contributed by atoms with E-state index < -0.39 is 0 Å². The molecule has 3 N–H and O–H groups in total. The number of amides is 1. The number of anilines is 3. The lowest BCUT2D eigenvalue weighted by molar-refractivity contribution is -0.127. The summed E-state index contributed by atoms with van der Waals surface area (Å²) in [6, 6.07) is 6.19. The van der Waals surface area contributed by atoms with Gasteiger partial charge in [0, 0.05) is 36.5 Å². The van der Waals surface area contributed by atoms with E-state index in [9.17, 15) is 9.18 Å². The number of benzene rings is 1. The third-order valence-electron chi connectivity index (χ3n) is 4.94. The van der Waals surface area contributed by atoms with Crippen LogP contribution in [0.3, 0.4) is 0 Å². The zero-order chi connectivity index (χ0) is 19.9. The summed E-state index contributed by atoms with van der Waals surface area (Å²) in [6.45, 7) is 5.52. The van der Waals surface area contributed by atoms with Gasteiger partial charge in [0.25, 0.3) is 0 Å². The van der Waals surface area contributed by atoms with Crippen molar-refractivity contribution < 1.29 is 9.18 Å². The van der Waals surface area contributed by atoms with E-state index in [2.05, 4.69) is 39.8 Å². The van der Waals surface area contributed by atoms with E-state index in [1.807, 2.05) is 0 Å². The van der Waals surface area contributed by atoms with Crippen molar-refractivity contribution in [2.75, 3.05) is 23.7 Å². The second-order valence-corrected chi connectivity index (χ2v) is 7.49. The van der Waals surface area contributed by atoms with Gasteiger partial charge in [0.2, 0.25) is 11.9 Å². The fraction of sp³-hybridized carbons (Fsp3) is 0.476. The Morgan fingerprint density at radius 3 is 2.79 bits per heavy atom. The molecule has 0 unspecified atom stereocenters. The number of hydrogen-bond acceptors (Lipinski definition) is 5. The monoisotopic (exact) mass is 385 g/mol. The van der Waals surface area contributed by atoms with Crippen LogP contribution in [-0.2, 0) is 4.79 Å². The maximum absolute atomic E-state index is 13.4. The number of halogens is 1. The molecule has 1 amide bonds. The van der Waals surface area contributed by atoms with E-state index in [-0.39, 0.29) is 23.6 Å². The minimum absolute atomic E-state index is 0.178. The van der Waals surface area contributed by atoms with E-state index >= 15 is 0 Å². The van der Waals surface area contributed by atoms with E-state index in [0.717, 1.165) is 37.1 Å². The first-order chi connectivity index (χ1) is 13.5. The molecule has 0 bridgehead atoms. The van der Waals surface area contributed by atoms with Crippen LogP contribution in [0.2, 0.25) is 0 Å². The van der Waals surface area contributed by atoms with Crippen molar-refractivity contribution in [3.05, 3.63) is 41.8 Å². The summed E-state index contributed by atoms with van der Waals surface area (Å²) in [5.74, 6) is 1.52. The van der Waals surface area contributed by atoms with Crippen molar-refractivity contribution in [3.63, 3.8) is 0 Å². The van der Waals surface area contributed by atoms with Crippen LogP contribution >= 0.6 is 0 Å². The van der Waals surface area contributed by atoms with E-state index in [0.29, 0.717) is 24.7 Å². The van der Waals surface area contributed by atoms with Crippen LogP contribution in [-0.4, -0.2) is 29.0 Å².